The predicted molar refractivity (Wildman–Crippen MR) is 35.8 cm³/mol. The Morgan fingerprint density at radius 2 is 2.56 bits per heavy atom. The van der Waals surface area contributed by atoms with Gasteiger partial charge < -0.3 is 9.84 Å². The summed E-state index contributed by atoms with van der Waals surface area (Å²) in [4.78, 5) is 0. The van der Waals surface area contributed by atoms with Gasteiger partial charge in [-0.1, -0.05) is 6.58 Å². The van der Waals surface area contributed by atoms with E-state index in [-0.39, 0.29) is 12.8 Å². The minimum atomic E-state index is -0.0605. The summed E-state index contributed by atoms with van der Waals surface area (Å²) in [5, 5.41) is 11.2. The van der Waals surface area contributed by atoms with Gasteiger partial charge in [-0.05, 0) is 6.92 Å². The second-order valence-corrected chi connectivity index (χ2v) is 1.62. The number of rotatable bonds is 5. The van der Waals surface area contributed by atoms with Crippen molar-refractivity contribution in [2.75, 3.05) is 13.2 Å². The number of aliphatic hydroxyl groups excluding tert-OH is 1. The Morgan fingerprint density at radius 1 is 1.89 bits per heavy atom. The van der Waals surface area contributed by atoms with Crippen molar-refractivity contribution in [3.05, 3.63) is 12.8 Å². The normalized spacial score (nSPS) is 12.7. The SMILES string of the molecule is C=COC(C)NCCO. The van der Waals surface area contributed by atoms with E-state index in [1.807, 2.05) is 6.92 Å². The highest BCUT2D eigenvalue weighted by molar-refractivity contribution is 4.54. The summed E-state index contributed by atoms with van der Waals surface area (Å²) in [6.45, 7) is 5.91. The summed E-state index contributed by atoms with van der Waals surface area (Å²) >= 11 is 0. The lowest BCUT2D eigenvalue weighted by Crippen LogP contribution is -2.29. The third kappa shape index (κ3) is 5.33. The molecule has 0 bridgehead atoms. The van der Waals surface area contributed by atoms with Gasteiger partial charge in [0.25, 0.3) is 0 Å². The molecule has 0 heterocycles. The van der Waals surface area contributed by atoms with E-state index in [0.29, 0.717) is 6.54 Å². The lowest BCUT2D eigenvalue weighted by Gasteiger charge is -2.10. The zero-order valence-electron chi connectivity index (χ0n) is 5.63. The van der Waals surface area contributed by atoms with Crippen LogP contribution in [0.15, 0.2) is 12.8 Å². The largest absolute Gasteiger partial charge is 0.484 e. The van der Waals surface area contributed by atoms with Gasteiger partial charge in [-0.25, -0.2) is 0 Å². The molecule has 0 aromatic carbocycles. The molecular formula is C6H13NO2. The van der Waals surface area contributed by atoms with Crippen molar-refractivity contribution >= 4 is 0 Å². The second-order valence-electron chi connectivity index (χ2n) is 1.62. The van der Waals surface area contributed by atoms with Gasteiger partial charge in [0, 0.05) is 6.54 Å². The molecule has 0 spiro atoms. The second kappa shape index (κ2) is 5.59. The molecule has 0 aliphatic heterocycles. The van der Waals surface area contributed by atoms with Crippen LogP contribution >= 0.6 is 0 Å². The maximum atomic E-state index is 8.34. The first kappa shape index (κ1) is 8.46. The van der Waals surface area contributed by atoms with E-state index in [1.54, 1.807) is 0 Å². The van der Waals surface area contributed by atoms with Gasteiger partial charge in [0.15, 0.2) is 0 Å². The third-order valence-corrected chi connectivity index (χ3v) is 0.844. The van der Waals surface area contributed by atoms with Crippen molar-refractivity contribution in [1.29, 1.82) is 0 Å². The van der Waals surface area contributed by atoms with E-state index in [9.17, 15) is 0 Å². The lowest BCUT2D eigenvalue weighted by atomic mass is 10.6. The summed E-state index contributed by atoms with van der Waals surface area (Å²) < 4.78 is 4.89. The highest BCUT2D eigenvalue weighted by Crippen LogP contribution is 1.82. The summed E-state index contributed by atoms with van der Waals surface area (Å²) in [6, 6.07) is 0. The lowest BCUT2D eigenvalue weighted by molar-refractivity contribution is 0.121. The first-order valence-electron chi connectivity index (χ1n) is 2.92. The van der Waals surface area contributed by atoms with Crippen LogP contribution in [-0.2, 0) is 4.74 Å². The Balaban J connectivity index is 3.04. The number of nitrogens with one attached hydrogen (secondary N) is 1. The topological polar surface area (TPSA) is 41.5 Å². The molecule has 3 heteroatoms. The summed E-state index contributed by atoms with van der Waals surface area (Å²) in [5.74, 6) is 0. The Hall–Kier alpha value is -0.540. The molecule has 0 aliphatic rings. The molecule has 9 heavy (non-hydrogen) atoms. The molecule has 0 aromatic heterocycles. The molecule has 54 valence electrons. The fraction of sp³-hybridized carbons (Fsp3) is 0.667. The van der Waals surface area contributed by atoms with Crippen LogP contribution in [-0.4, -0.2) is 24.5 Å². The smallest absolute Gasteiger partial charge is 0.146 e. The Kier molecular flexibility index (Phi) is 5.26. The van der Waals surface area contributed by atoms with Crippen LogP contribution in [0, 0.1) is 0 Å². The van der Waals surface area contributed by atoms with Crippen molar-refractivity contribution < 1.29 is 9.84 Å². The van der Waals surface area contributed by atoms with E-state index in [2.05, 4.69) is 11.9 Å². The standard InChI is InChI=1S/C6H13NO2/c1-3-9-6(2)7-4-5-8/h3,6-8H,1,4-5H2,2H3. The molecule has 3 nitrogen and oxygen atoms in total. The van der Waals surface area contributed by atoms with Gasteiger partial charge >= 0.3 is 0 Å². The van der Waals surface area contributed by atoms with Gasteiger partial charge in [-0.2, -0.15) is 0 Å². The van der Waals surface area contributed by atoms with Crippen molar-refractivity contribution in [1.82, 2.24) is 5.32 Å². The first-order chi connectivity index (χ1) is 4.31. The quantitative estimate of drug-likeness (QED) is 0.410. The molecule has 0 radical (unpaired) electrons. The van der Waals surface area contributed by atoms with Gasteiger partial charge in [0.05, 0.1) is 12.9 Å². The van der Waals surface area contributed by atoms with Crippen molar-refractivity contribution in [2.45, 2.75) is 13.2 Å². The zero-order valence-corrected chi connectivity index (χ0v) is 5.63. The number of ether oxygens (including phenoxy) is 1. The first-order valence-corrected chi connectivity index (χ1v) is 2.92. The molecule has 1 atom stereocenters. The van der Waals surface area contributed by atoms with E-state index in [0.717, 1.165) is 0 Å². The fourth-order valence-corrected chi connectivity index (χ4v) is 0.460. The van der Waals surface area contributed by atoms with Crippen molar-refractivity contribution in [3.63, 3.8) is 0 Å². The van der Waals surface area contributed by atoms with Crippen LogP contribution in [0.4, 0.5) is 0 Å². The Labute approximate surface area is 55.3 Å². The molecule has 0 rings (SSSR count). The maximum absolute atomic E-state index is 8.34. The highest BCUT2D eigenvalue weighted by atomic mass is 16.5. The minimum Gasteiger partial charge on any atom is -0.484 e. The number of aliphatic hydroxyl groups is 1. The molecule has 2 N–H and O–H groups in total. The van der Waals surface area contributed by atoms with Crippen molar-refractivity contribution in [3.8, 4) is 0 Å². The molecule has 0 aliphatic carbocycles. The fourth-order valence-electron chi connectivity index (χ4n) is 0.460. The highest BCUT2D eigenvalue weighted by Gasteiger charge is 1.94. The summed E-state index contributed by atoms with van der Waals surface area (Å²) in [5.41, 5.74) is 0. The molecule has 1 unspecified atom stereocenters. The van der Waals surface area contributed by atoms with Crippen LogP contribution in [0.25, 0.3) is 0 Å². The van der Waals surface area contributed by atoms with Crippen LogP contribution in [0.3, 0.4) is 0 Å². The monoisotopic (exact) mass is 131 g/mol. The van der Waals surface area contributed by atoms with E-state index in [4.69, 9.17) is 9.84 Å². The van der Waals surface area contributed by atoms with Crippen molar-refractivity contribution in [2.24, 2.45) is 0 Å². The molecule has 0 saturated heterocycles. The van der Waals surface area contributed by atoms with Gasteiger partial charge in [-0.3, -0.25) is 5.32 Å². The third-order valence-electron chi connectivity index (χ3n) is 0.844. The number of hydrogen-bond acceptors (Lipinski definition) is 3. The molecule has 0 amide bonds. The molecular weight excluding hydrogens is 118 g/mol. The Morgan fingerprint density at radius 3 is 3.00 bits per heavy atom. The molecule has 0 saturated carbocycles. The van der Waals surface area contributed by atoms with Gasteiger partial charge in [0.1, 0.15) is 6.23 Å². The minimum absolute atomic E-state index is 0.0605. The maximum Gasteiger partial charge on any atom is 0.146 e. The number of hydrogen-bond donors (Lipinski definition) is 2. The van der Waals surface area contributed by atoms with Crippen LogP contribution < -0.4 is 5.32 Å². The predicted octanol–water partition coefficient (Wildman–Crippen LogP) is 0.0744. The van der Waals surface area contributed by atoms with Gasteiger partial charge in [-0.15, -0.1) is 0 Å². The van der Waals surface area contributed by atoms with Crippen LogP contribution in [0.2, 0.25) is 0 Å². The summed E-state index contributed by atoms with van der Waals surface area (Å²) in [6.07, 6.45) is 1.31. The van der Waals surface area contributed by atoms with E-state index < -0.39 is 0 Å². The van der Waals surface area contributed by atoms with Crippen LogP contribution in [0.5, 0.6) is 0 Å². The molecule has 0 aromatic rings. The van der Waals surface area contributed by atoms with Crippen LogP contribution in [0.1, 0.15) is 6.92 Å². The Bertz CT molecular complexity index is 75.5. The zero-order chi connectivity index (χ0) is 7.11. The average molecular weight is 131 g/mol. The van der Waals surface area contributed by atoms with Gasteiger partial charge in [0.2, 0.25) is 0 Å². The summed E-state index contributed by atoms with van der Waals surface area (Å²) in [7, 11) is 0. The average Bonchev–Trinajstić information content (AvgIpc) is 1.85. The molecule has 0 fully saturated rings. The van der Waals surface area contributed by atoms with E-state index >= 15 is 0 Å². The van der Waals surface area contributed by atoms with E-state index in [1.165, 1.54) is 6.26 Å².